The van der Waals surface area contributed by atoms with Gasteiger partial charge in [0.25, 0.3) is 10.0 Å². The minimum Gasteiger partial charge on any atom is -0.325 e. The maximum absolute atomic E-state index is 11.9. The number of sulfonamides is 1. The van der Waals surface area contributed by atoms with Gasteiger partial charge in [0.15, 0.2) is 0 Å². The van der Waals surface area contributed by atoms with Crippen molar-refractivity contribution < 1.29 is 18.0 Å². The van der Waals surface area contributed by atoms with E-state index in [4.69, 9.17) is 0 Å². The zero-order chi connectivity index (χ0) is 18.3. The van der Waals surface area contributed by atoms with Gasteiger partial charge in [-0.15, -0.1) is 11.8 Å². The zero-order valence-corrected chi connectivity index (χ0v) is 15.2. The van der Waals surface area contributed by atoms with Crippen molar-refractivity contribution in [2.75, 3.05) is 11.1 Å². The molecule has 0 atom stereocenters. The normalized spacial score (nSPS) is 10.9. The van der Waals surface area contributed by atoms with Gasteiger partial charge in [-0.2, -0.15) is 0 Å². The van der Waals surface area contributed by atoms with Crippen molar-refractivity contribution in [3.05, 3.63) is 60.2 Å². The van der Waals surface area contributed by atoms with Crippen LogP contribution in [0.3, 0.4) is 0 Å². The van der Waals surface area contributed by atoms with E-state index in [1.165, 1.54) is 36.0 Å². The summed E-state index contributed by atoms with van der Waals surface area (Å²) in [5.74, 6) is 0.203. The molecule has 6 nitrogen and oxygen atoms in total. The molecule has 0 spiro atoms. The highest BCUT2D eigenvalue weighted by atomic mass is 32.2. The monoisotopic (exact) mass is 378 g/mol. The molecule has 8 heteroatoms. The van der Waals surface area contributed by atoms with Gasteiger partial charge in [-0.3, -0.25) is 9.59 Å². The average molecular weight is 378 g/mol. The number of rotatable bonds is 7. The lowest BCUT2D eigenvalue weighted by atomic mass is 10.2. The first-order chi connectivity index (χ1) is 11.9. The number of carbonyl (C=O) groups is 2. The fraction of sp³-hybridized carbons (Fsp3) is 0.176. The van der Waals surface area contributed by atoms with E-state index in [1.54, 1.807) is 0 Å². The molecule has 2 amide bonds. The molecule has 2 rings (SSSR count). The first kappa shape index (κ1) is 19.0. The van der Waals surface area contributed by atoms with Crippen LogP contribution in [0, 0.1) is 0 Å². The maximum Gasteiger partial charge on any atom is 0.264 e. The van der Waals surface area contributed by atoms with Crippen molar-refractivity contribution in [1.82, 2.24) is 4.72 Å². The van der Waals surface area contributed by atoms with Gasteiger partial charge in [-0.1, -0.05) is 30.3 Å². The second-order valence-corrected chi connectivity index (χ2v) is 7.88. The van der Waals surface area contributed by atoms with Crippen molar-refractivity contribution in [2.24, 2.45) is 0 Å². The molecule has 0 fully saturated rings. The lowest BCUT2D eigenvalue weighted by Crippen LogP contribution is -2.28. The predicted molar refractivity (Wildman–Crippen MR) is 98.7 cm³/mol. The van der Waals surface area contributed by atoms with Crippen LogP contribution in [0.5, 0.6) is 0 Å². The summed E-state index contributed by atoms with van der Waals surface area (Å²) in [6, 6.07) is 15.5. The molecule has 2 N–H and O–H groups in total. The first-order valence-electron chi connectivity index (χ1n) is 7.42. The third kappa shape index (κ3) is 6.24. The Balaban J connectivity index is 1.86. The van der Waals surface area contributed by atoms with Crippen LogP contribution in [-0.4, -0.2) is 26.0 Å². The van der Waals surface area contributed by atoms with Gasteiger partial charge >= 0.3 is 0 Å². The number of carbonyl (C=O) groups excluding carboxylic acids is 2. The highest BCUT2D eigenvalue weighted by Gasteiger charge is 2.15. The van der Waals surface area contributed by atoms with Crippen LogP contribution in [0.2, 0.25) is 0 Å². The molecule has 0 radical (unpaired) electrons. The number of amides is 2. The fourth-order valence-electron chi connectivity index (χ4n) is 2.00. The van der Waals surface area contributed by atoms with Crippen molar-refractivity contribution in [1.29, 1.82) is 0 Å². The van der Waals surface area contributed by atoms with E-state index >= 15 is 0 Å². The number of benzene rings is 2. The van der Waals surface area contributed by atoms with Crippen molar-refractivity contribution in [2.45, 2.75) is 17.6 Å². The van der Waals surface area contributed by atoms with Gasteiger partial charge in [-0.05, 0) is 29.8 Å². The van der Waals surface area contributed by atoms with Crippen LogP contribution in [-0.2, 0) is 25.4 Å². The number of thioether (sulfide) groups is 1. The van der Waals surface area contributed by atoms with E-state index in [0.29, 0.717) is 11.4 Å². The van der Waals surface area contributed by atoms with E-state index in [9.17, 15) is 18.0 Å². The molecule has 25 heavy (non-hydrogen) atoms. The minimum absolute atomic E-state index is 0.0425. The van der Waals surface area contributed by atoms with Gasteiger partial charge in [0.2, 0.25) is 11.8 Å². The highest BCUT2D eigenvalue weighted by Crippen LogP contribution is 2.15. The van der Waals surface area contributed by atoms with E-state index in [2.05, 4.69) is 5.32 Å². The molecule has 0 aromatic heterocycles. The van der Waals surface area contributed by atoms with Crippen molar-refractivity contribution >= 4 is 39.3 Å². The summed E-state index contributed by atoms with van der Waals surface area (Å²) < 4.78 is 25.5. The van der Waals surface area contributed by atoms with E-state index in [0.717, 1.165) is 18.2 Å². The Bertz CT molecular complexity index is 835. The van der Waals surface area contributed by atoms with Crippen LogP contribution >= 0.6 is 11.8 Å². The van der Waals surface area contributed by atoms with Crippen LogP contribution in [0.4, 0.5) is 5.69 Å². The summed E-state index contributed by atoms with van der Waals surface area (Å²) in [4.78, 5) is 22.8. The van der Waals surface area contributed by atoms with Gasteiger partial charge in [-0.25, -0.2) is 13.1 Å². The summed E-state index contributed by atoms with van der Waals surface area (Å²) >= 11 is 1.49. The summed E-state index contributed by atoms with van der Waals surface area (Å²) in [6.07, 6.45) is 0. The summed E-state index contributed by atoms with van der Waals surface area (Å²) in [5, 5.41) is 2.71. The predicted octanol–water partition coefficient (Wildman–Crippen LogP) is 2.38. The molecule has 0 saturated heterocycles. The minimum atomic E-state index is -3.87. The Morgan fingerprint density at radius 2 is 1.64 bits per heavy atom. The lowest BCUT2D eigenvalue weighted by molar-refractivity contribution is -0.117. The fourth-order valence-corrected chi connectivity index (χ4v) is 3.78. The molecule has 132 valence electrons. The second kappa shape index (κ2) is 8.68. The highest BCUT2D eigenvalue weighted by molar-refractivity contribution is 7.99. The van der Waals surface area contributed by atoms with Gasteiger partial charge < -0.3 is 5.32 Å². The number of hydrogen-bond donors (Lipinski definition) is 2. The largest absolute Gasteiger partial charge is 0.325 e. The van der Waals surface area contributed by atoms with Gasteiger partial charge in [0.05, 0.1) is 10.6 Å². The molecule has 0 heterocycles. The number of nitrogens with one attached hydrogen (secondary N) is 2. The van der Waals surface area contributed by atoms with Crippen molar-refractivity contribution in [3.63, 3.8) is 0 Å². The zero-order valence-electron chi connectivity index (χ0n) is 13.6. The Kier molecular flexibility index (Phi) is 6.60. The third-order valence-electron chi connectivity index (χ3n) is 3.07. The smallest absolute Gasteiger partial charge is 0.264 e. The molecule has 0 aliphatic carbocycles. The second-order valence-electron chi connectivity index (χ2n) is 5.21. The SMILES string of the molecule is CC(=O)NS(=O)(=O)c1ccc(NC(=O)CSCc2ccccc2)cc1. The van der Waals surface area contributed by atoms with E-state index in [1.807, 2.05) is 35.1 Å². The van der Waals surface area contributed by atoms with Crippen LogP contribution in [0.1, 0.15) is 12.5 Å². The molecule has 0 saturated carbocycles. The number of hydrogen-bond acceptors (Lipinski definition) is 5. The molecule has 2 aromatic carbocycles. The third-order valence-corrected chi connectivity index (χ3v) is 5.52. The standard InChI is InChI=1S/C17H18N2O4S2/c1-13(20)19-25(22,23)16-9-7-15(8-10-16)18-17(21)12-24-11-14-5-3-2-4-6-14/h2-10H,11-12H2,1H3,(H,18,21)(H,19,20). The molecule has 2 aromatic rings. The number of anilines is 1. The molecule has 0 unspecified atom stereocenters. The molecular formula is C17H18N2O4S2. The van der Waals surface area contributed by atoms with Gasteiger partial charge in [0.1, 0.15) is 0 Å². The summed E-state index contributed by atoms with van der Waals surface area (Å²) in [7, 11) is -3.87. The Morgan fingerprint density at radius 1 is 1.00 bits per heavy atom. The summed E-state index contributed by atoms with van der Waals surface area (Å²) in [5.41, 5.74) is 1.64. The van der Waals surface area contributed by atoms with E-state index in [-0.39, 0.29) is 10.8 Å². The Hall–Kier alpha value is -2.32. The van der Waals surface area contributed by atoms with E-state index < -0.39 is 15.9 Å². The lowest BCUT2D eigenvalue weighted by Gasteiger charge is -2.08. The molecule has 0 bridgehead atoms. The first-order valence-corrected chi connectivity index (χ1v) is 10.1. The maximum atomic E-state index is 11.9. The average Bonchev–Trinajstić information content (AvgIpc) is 2.55. The molecule has 0 aliphatic heterocycles. The Labute approximate surface area is 151 Å². The quantitative estimate of drug-likeness (QED) is 0.772. The van der Waals surface area contributed by atoms with Crippen molar-refractivity contribution in [3.8, 4) is 0 Å². The van der Waals surface area contributed by atoms with Crippen LogP contribution in [0.25, 0.3) is 0 Å². The topological polar surface area (TPSA) is 92.3 Å². The molecule has 0 aliphatic rings. The van der Waals surface area contributed by atoms with Crippen LogP contribution in [0.15, 0.2) is 59.5 Å². The summed E-state index contributed by atoms with van der Waals surface area (Å²) in [6.45, 7) is 1.12. The van der Waals surface area contributed by atoms with Gasteiger partial charge in [0, 0.05) is 18.4 Å². The van der Waals surface area contributed by atoms with Crippen LogP contribution < -0.4 is 10.0 Å². The Morgan fingerprint density at radius 3 is 2.24 bits per heavy atom. The molecular weight excluding hydrogens is 360 g/mol.